The number of hydrogen-bond acceptors (Lipinski definition) is 5. The van der Waals surface area contributed by atoms with E-state index in [4.69, 9.17) is 4.74 Å². The molecule has 1 aliphatic heterocycles. The van der Waals surface area contributed by atoms with Crippen LogP contribution in [0.2, 0.25) is 0 Å². The fraction of sp³-hybridized carbons (Fsp3) is 0.429. The smallest absolute Gasteiger partial charge is 0.303 e. The van der Waals surface area contributed by atoms with Crippen LogP contribution in [0.5, 0.6) is 5.75 Å². The van der Waals surface area contributed by atoms with E-state index in [1.165, 1.54) is 31.0 Å². The summed E-state index contributed by atoms with van der Waals surface area (Å²) in [5, 5.41) is 9.84. The van der Waals surface area contributed by atoms with Gasteiger partial charge in [-0.3, -0.25) is 9.78 Å². The van der Waals surface area contributed by atoms with E-state index in [0.29, 0.717) is 59.8 Å². The molecule has 0 unspecified atom stereocenters. The number of aromatic nitrogens is 1. The predicted molar refractivity (Wildman–Crippen MR) is 139 cm³/mol. The molecule has 0 bridgehead atoms. The molecule has 0 saturated carbocycles. The lowest BCUT2D eigenvalue weighted by molar-refractivity contribution is -0.139. The molecule has 1 aromatic heterocycles. The van der Waals surface area contributed by atoms with Crippen molar-refractivity contribution in [3.05, 3.63) is 65.6 Å². The molecule has 3 aromatic rings. The van der Waals surface area contributed by atoms with Crippen LogP contribution >= 0.6 is 11.8 Å². The molecule has 4 rings (SSSR count). The molecule has 1 N–H and O–H groups in total. The molecule has 10 heteroatoms. The third-order valence-electron chi connectivity index (χ3n) is 7.10. The van der Waals surface area contributed by atoms with Crippen LogP contribution in [0.25, 0.3) is 10.9 Å². The number of carboxylic acids is 1. The first-order valence-corrected chi connectivity index (χ1v) is 13.5. The van der Waals surface area contributed by atoms with Gasteiger partial charge in [0.1, 0.15) is 29.4 Å². The molecule has 0 spiro atoms. The van der Waals surface area contributed by atoms with E-state index in [2.05, 4.69) is 9.88 Å². The summed E-state index contributed by atoms with van der Waals surface area (Å²) in [4.78, 5) is 18.2. The molecule has 1 aliphatic rings. The number of rotatable bonds is 11. The van der Waals surface area contributed by atoms with Gasteiger partial charge in [-0.25, -0.2) is 17.6 Å². The Labute approximate surface area is 223 Å². The Morgan fingerprint density at radius 2 is 1.95 bits per heavy atom. The number of carbonyl (C=O) groups is 1. The molecule has 0 aliphatic carbocycles. The predicted octanol–water partition coefficient (Wildman–Crippen LogP) is 6.66. The van der Waals surface area contributed by atoms with Crippen molar-refractivity contribution in [2.45, 2.75) is 36.8 Å². The minimum atomic E-state index is -1.57. The van der Waals surface area contributed by atoms with Crippen LogP contribution in [0.4, 0.5) is 17.6 Å². The minimum Gasteiger partial charge on any atom is -0.497 e. The lowest BCUT2D eigenvalue weighted by Crippen LogP contribution is -2.42. The number of nitrogens with zero attached hydrogens (tertiary/aromatic N) is 2. The van der Waals surface area contributed by atoms with E-state index in [-0.39, 0.29) is 30.2 Å². The average molecular weight is 551 g/mol. The highest BCUT2D eigenvalue weighted by Crippen LogP contribution is 2.37. The number of aliphatic carboxylic acids is 1. The van der Waals surface area contributed by atoms with Crippen molar-refractivity contribution in [1.29, 1.82) is 0 Å². The lowest BCUT2D eigenvalue weighted by Gasteiger charge is -2.38. The Morgan fingerprint density at radius 3 is 2.66 bits per heavy atom. The zero-order valence-corrected chi connectivity index (χ0v) is 21.8. The topological polar surface area (TPSA) is 62.7 Å². The first-order valence-electron chi connectivity index (χ1n) is 12.5. The Morgan fingerprint density at radius 1 is 1.18 bits per heavy atom. The molecule has 0 radical (unpaired) electrons. The number of piperidine rings is 1. The van der Waals surface area contributed by atoms with Gasteiger partial charge >= 0.3 is 5.97 Å². The van der Waals surface area contributed by atoms with Gasteiger partial charge in [-0.1, -0.05) is 0 Å². The van der Waals surface area contributed by atoms with E-state index in [1.807, 2.05) is 0 Å². The van der Waals surface area contributed by atoms with Gasteiger partial charge in [0.05, 0.1) is 18.8 Å². The Kier molecular flexibility index (Phi) is 9.49. The molecule has 5 nitrogen and oxygen atoms in total. The number of benzene rings is 2. The standard InChI is InChI=1S/C28H30F4N2O3S/c1-37-21-3-5-26-23(14-21)28(25(32)15-33-26)24(31)4-2-17-6-7-34(16-18(17)10-27(35)36)8-9-38-22-12-19(29)11-20(30)13-22/h3,5,11-15,17-18,24H,2,4,6-10,16H2,1H3,(H,35,36)/t17-,18-,24+/m1/s1. The van der Waals surface area contributed by atoms with Crippen molar-refractivity contribution in [2.75, 3.05) is 32.5 Å². The van der Waals surface area contributed by atoms with E-state index in [1.54, 1.807) is 18.2 Å². The Bertz CT molecular complexity index is 1260. The van der Waals surface area contributed by atoms with Gasteiger partial charge in [-0.05, 0) is 68.0 Å². The maximum atomic E-state index is 15.5. The third kappa shape index (κ3) is 7.17. The summed E-state index contributed by atoms with van der Waals surface area (Å²) in [5.41, 5.74) is 0.424. The van der Waals surface area contributed by atoms with Gasteiger partial charge in [0.15, 0.2) is 0 Å². The number of methoxy groups -OCH3 is 1. The summed E-state index contributed by atoms with van der Waals surface area (Å²) in [5.74, 6) is -2.00. The second-order valence-electron chi connectivity index (χ2n) is 9.61. The summed E-state index contributed by atoms with van der Waals surface area (Å²) in [6, 6.07) is 8.32. The largest absolute Gasteiger partial charge is 0.497 e. The van der Waals surface area contributed by atoms with Crippen molar-refractivity contribution in [1.82, 2.24) is 9.88 Å². The zero-order valence-electron chi connectivity index (χ0n) is 21.0. The molecule has 38 heavy (non-hydrogen) atoms. The number of halogens is 4. The quantitative estimate of drug-likeness (QED) is 0.213. The SMILES string of the molecule is COc1ccc2ncc(F)c([C@@H](F)CC[C@@H]3CCN(CCSc4cc(F)cc(F)c4)C[C@H]3CC(=O)O)c2c1. The van der Waals surface area contributed by atoms with E-state index in [0.717, 1.165) is 12.3 Å². The Balaban J connectivity index is 1.37. The van der Waals surface area contributed by atoms with Crippen LogP contribution in [0, 0.1) is 29.3 Å². The number of thioether (sulfide) groups is 1. The van der Waals surface area contributed by atoms with Gasteiger partial charge in [-0.2, -0.15) is 0 Å². The average Bonchev–Trinajstić information content (AvgIpc) is 2.86. The number of pyridine rings is 1. The van der Waals surface area contributed by atoms with Crippen molar-refractivity contribution in [3.63, 3.8) is 0 Å². The summed E-state index contributed by atoms with van der Waals surface area (Å²) >= 11 is 1.34. The van der Waals surface area contributed by atoms with Crippen molar-refractivity contribution in [3.8, 4) is 5.75 Å². The Hall–Kier alpha value is -2.85. The van der Waals surface area contributed by atoms with Gasteiger partial charge in [-0.15, -0.1) is 11.8 Å². The van der Waals surface area contributed by atoms with E-state index >= 15 is 4.39 Å². The van der Waals surface area contributed by atoms with Crippen LogP contribution in [0.15, 0.2) is 47.5 Å². The number of ether oxygens (including phenoxy) is 1. The van der Waals surface area contributed by atoms with E-state index < -0.39 is 29.6 Å². The maximum Gasteiger partial charge on any atom is 0.303 e. The molecular weight excluding hydrogens is 520 g/mol. The first-order chi connectivity index (χ1) is 18.2. The number of alkyl halides is 1. The van der Waals surface area contributed by atoms with Gasteiger partial charge in [0.2, 0.25) is 0 Å². The molecular formula is C28H30F4N2O3S. The van der Waals surface area contributed by atoms with Crippen molar-refractivity contribution in [2.24, 2.45) is 11.8 Å². The number of hydrogen-bond donors (Lipinski definition) is 1. The lowest BCUT2D eigenvalue weighted by atomic mass is 9.79. The molecule has 204 valence electrons. The summed E-state index contributed by atoms with van der Waals surface area (Å²) < 4.78 is 62.2. The van der Waals surface area contributed by atoms with Crippen LogP contribution in [-0.4, -0.2) is 53.5 Å². The highest BCUT2D eigenvalue weighted by Gasteiger charge is 2.32. The van der Waals surface area contributed by atoms with Gasteiger partial charge in [0, 0.05) is 47.2 Å². The summed E-state index contributed by atoms with van der Waals surface area (Å²) in [6.45, 7) is 1.88. The molecule has 1 saturated heterocycles. The first kappa shape index (κ1) is 28.2. The summed E-state index contributed by atoms with van der Waals surface area (Å²) in [6.07, 6.45) is 0.603. The van der Waals surface area contributed by atoms with Gasteiger partial charge < -0.3 is 14.7 Å². The van der Waals surface area contributed by atoms with Crippen molar-refractivity contribution >= 4 is 28.6 Å². The van der Waals surface area contributed by atoms with E-state index in [9.17, 15) is 23.1 Å². The van der Waals surface area contributed by atoms with Crippen LogP contribution in [0.3, 0.4) is 0 Å². The molecule has 0 amide bonds. The molecule has 2 heterocycles. The fourth-order valence-corrected chi connectivity index (χ4v) is 6.19. The third-order valence-corrected chi connectivity index (χ3v) is 8.05. The zero-order chi connectivity index (χ0) is 27.2. The normalized spacial score (nSPS) is 19.0. The highest BCUT2D eigenvalue weighted by molar-refractivity contribution is 7.99. The summed E-state index contributed by atoms with van der Waals surface area (Å²) in [7, 11) is 1.48. The van der Waals surface area contributed by atoms with Crippen molar-refractivity contribution < 1.29 is 32.2 Å². The van der Waals surface area contributed by atoms with Crippen LogP contribution in [0.1, 0.15) is 37.4 Å². The monoisotopic (exact) mass is 550 g/mol. The molecule has 1 fully saturated rings. The maximum absolute atomic E-state index is 15.5. The second-order valence-corrected chi connectivity index (χ2v) is 10.8. The molecule has 3 atom stereocenters. The fourth-order valence-electron chi connectivity index (χ4n) is 5.22. The number of carboxylic acid groups (broad SMARTS) is 1. The molecule has 2 aromatic carbocycles. The van der Waals surface area contributed by atoms with Crippen LogP contribution < -0.4 is 4.74 Å². The van der Waals surface area contributed by atoms with Gasteiger partial charge in [0.25, 0.3) is 0 Å². The highest BCUT2D eigenvalue weighted by atomic mass is 32.2. The van der Waals surface area contributed by atoms with Crippen LogP contribution in [-0.2, 0) is 4.79 Å². The number of fused-ring (bicyclic) bond motifs is 1. The minimum absolute atomic E-state index is 0.0173. The number of likely N-dealkylation sites (tertiary alicyclic amines) is 1. The second kappa shape index (κ2) is 12.8.